The van der Waals surface area contributed by atoms with Gasteiger partial charge in [-0.1, -0.05) is 0 Å². The highest BCUT2D eigenvalue weighted by Gasteiger charge is 2.15. The maximum Gasteiger partial charge on any atom is 0.343 e. The van der Waals surface area contributed by atoms with E-state index in [2.05, 4.69) is 4.74 Å². The lowest BCUT2D eigenvalue weighted by Crippen LogP contribution is -2.18. The van der Waals surface area contributed by atoms with Crippen molar-refractivity contribution >= 4 is 5.97 Å². The minimum Gasteiger partial charge on any atom is -0.467 e. The van der Waals surface area contributed by atoms with Crippen LogP contribution in [-0.2, 0) is 9.53 Å². The van der Waals surface area contributed by atoms with Crippen LogP contribution in [0.4, 0.5) is 8.78 Å². The fourth-order valence-electron chi connectivity index (χ4n) is 0.191. The van der Waals surface area contributed by atoms with Gasteiger partial charge in [-0.15, -0.1) is 0 Å². The lowest BCUT2D eigenvalue weighted by atomic mass is 10.4. The fraction of sp³-hybridized carbons (Fsp3) is 0.750. The summed E-state index contributed by atoms with van der Waals surface area (Å²) in [7, 11) is 1.00. The van der Waals surface area contributed by atoms with Gasteiger partial charge in [0.1, 0.15) is 6.67 Å². The van der Waals surface area contributed by atoms with Crippen LogP contribution >= 0.6 is 0 Å². The van der Waals surface area contributed by atoms with Crippen molar-refractivity contribution in [3.05, 3.63) is 0 Å². The zero-order chi connectivity index (χ0) is 6.57. The molecule has 0 rings (SSSR count). The third-order valence-corrected chi connectivity index (χ3v) is 0.592. The monoisotopic (exact) mass is 124 g/mol. The Labute approximate surface area is 45.4 Å². The van der Waals surface area contributed by atoms with Gasteiger partial charge >= 0.3 is 5.97 Å². The number of hydrogen-bond acceptors (Lipinski definition) is 2. The molecule has 0 heterocycles. The molecular weight excluding hydrogens is 118 g/mol. The highest BCUT2D eigenvalue weighted by molar-refractivity contribution is 5.74. The molecule has 0 aliphatic heterocycles. The number of carbonyl (C=O) groups excluding carboxylic acids is 1. The van der Waals surface area contributed by atoms with Gasteiger partial charge in [-0.05, 0) is 0 Å². The van der Waals surface area contributed by atoms with E-state index in [0.717, 1.165) is 7.11 Å². The first-order chi connectivity index (χ1) is 3.72. The summed E-state index contributed by atoms with van der Waals surface area (Å²) >= 11 is 0. The quantitative estimate of drug-likeness (QED) is 0.500. The Kier molecular flexibility index (Phi) is 3.07. The van der Waals surface area contributed by atoms with Gasteiger partial charge in [0.15, 0.2) is 0 Å². The van der Waals surface area contributed by atoms with Gasteiger partial charge in [0.2, 0.25) is 6.17 Å². The summed E-state index contributed by atoms with van der Waals surface area (Å²) in [5, 5.41) is 0. The van der Waals surface area contributed by atoms with Gasteiger partial charge in [-0.25, -0.2) is 13.6 Å². The van der Waals surface area contributed by atoms with E-state index in [1.807, 2.05) is 0 Å². The summed E-state index contributed by atoms with van der Waals surface area (Å²) in [6, 6.07) is 0. The molecule has 0 spiro atoms. The van der Waals surface area contributed by atoms with Crippen LogP contribution in [0, 0.1) is 0 Å². The number of carbonyl (C=O) groups is 1. The first kappa shape index (κ1) is 7.33. The molecule has 1 atom stereocenters. The molecule has 0 aliphatic rings. The Morgan fingerprint density at radius 1 is 1.88 bits per heavy atom. The average molecular weight is 124 g/mol. The van der Waals surface area contributed by atoms with Crippen molar-refractivity contribution in [2.75, 3.05) is 13.8 Å². The van der Waals surface area contributed by atoms with Gasteiger partial charge in [-0.3, -0.25) is 0 Å². The van der Waals surface area contributed by atoms with E-state index in [9.17, 15) is 13.6 Å². The lowest BCUT2D eigenvalue weighted by Gasteiger charge is -1.97. The molecule has 0 N–H and O–H groups in total. The zero-order valence-corrected chi connectivity index (χ0v) is 4.36. The second-order valence-corrected chi connectivity index (χ2v) is 1.14. The van der Waals surface area contributed by atoms with Crippen molar-refractivity contribution < 1.29 is 18.3 Å². The number of hydrogen-bond donors (Lipinski definition) is 0. The van der Waals surface area contributed by atoms with Crippen molar-refractivity contribution in [2.24, 2.45) is 0 Å². The normalized spacial score (nSPS) is 12.9. The SMILES string of the molecule is COC(=O)C(F)CF. The molecule has 0 aromatic heterocycles. The summed E-state index contributed by atoms with van der Waals surface area (Å²) in [6.07, 6.45) is -2.11. The molecule has 0 aromatic carbocycles. The standard InChI is InChI=1S/C4H6F2O2/c1-8-4(7)3(6)2-5/h3H,2H2,1H3. The maximum absolute atomic E-state index is 11.7. The Bertz CT molecular complexity index is 84.1. The summed E-state index contributed by atoms with van der Waals surface area (Å²) < 4.78 is 26.7. The van der Waals surface area contributed by atoms with Crippen molar-refractivity contribution in [1.82, 2.24) is 0 Å². The second kappa shape index (κ2) is 3.35. The van der Waals surface area contributed by atoms with Gasteiger partial charge in [0, 0.05) is 0 Å². The molecule has 0 saturated heterocycles. The van der Waals surface area contributed by atoms with Crippen LogP contribution in [0.5, 0.6) is 0 Å². The predicted octanol–water partition coefficient (Wildman–Crippen LogP) is 0.467. The summed E-state index contributed by atoms with van der Waals surface area (Å²) in [6.45, 7) is -1.31. The van der Waals surface area contributed by atoms with Crippen LogP contribution in [-0.4, -0.2) is 25.9 Å². The number of methoxy groups -OCH3 is 1. The molecule has 0 bridgehead atoms. The van der Waals surface area contributed by atoms with E-state index in [-0.39, 0.29) is 0 Å². The first-order valence-electron chi connectivity index (χ1n) is 2.00. The third kappa shape index (κ3) is 1.86. The topological polar surface area (TPSA) is 26.3 Å². The summed E-state index contributed by atoms with van der Waals surface area (Å²) in [4.78, 5) is 9.91. The fourth-order valence-corrected chi connectivity index (χ4v) is 0.191. The average Bonchev–Trinajstić information content (AvgIpc) is 1.84. The Morgan fingerprint density at radius 3 is 2.50 bits per heavy atom. The number of rotatable bonds is 2. The summed E-state index contributed by atoms with van der Waals surface area (Å²) in [5.41, 5.74) is 0. The van der Waals surface area contributed by atoms with E-state index < -0.39 is 18.8 Å². The van der Waals surface area contributed by atoms with Gasteiger partial charge in [0.25, 0.3) is 0 Å². The molecule has 0 radical (unpaired) electrons. The van der Waals surface area contributed by atoms with E-state index in [4.69, 9.17) is 0 Å². The smallest absolute Gasteiger partial charge is 0.343 e. The molecule has 0 aromatic rings. The predicted molar refractivity (Wildman–Crippen MR) is 22.9 cm³/mol. The molecule has 4 heteroatoms. The van der Waals surface area contributed by atoms with Crippen LogP contribution < -0.4 is 0 Å². The van der Waals surface area contributed by atoms with E-state index >= 15 is 0 Å². The molecule has 2 nitrogen and oxygen atoms in total. The van der Waals surface area contributed by atoms with Crippen molar-refractivity contribution in [1.29, 1.82) is 0 Å². The van der Waals surface area contributed by atoms with Gasteiger partial charge in [0.05, 0.1) is 7.11 Å². The Hall–Kier alpha value is -0.670. The molecule has 0 saturated carbocycles. The van der Waals surface area contributed by atoms with Crippen LogP contribution in [0.1, 0.15) is 0 Å². The molecule has 0 fully saturated rings. The lowest BCUT2D eigenvalue weighted by molar-refractivity contribution is -0.147. The molecule has 48 valence electrons. The molecule has 8 heavy (non-hydrogen) atoms. The molecular formula is C4H6F2O2. The van der Waals surface area contributed by atoms with Crippen molar-refractivity contribution in [3.63, 3.8) is 0 Å². The number of alkyl halides is 2. The van der Waals surface area contributed by atoms with E-state index in [0.29, 0.717) is 0 Å². The van der Waals surface area contributed by atoms with Crippen LogP contribution in [0.15, 0.2) is 0 Å². The van der Waals surface area contributed by atoms with Crippen molar-refractivity contribution in [3.8, 4) is 0 Å². The van der Waals surface area contributed by atoms with Gasteiger partial charge in [-0.2, -0.15) is 0 Å². The largest absolute Gasteiger partial charge is 0.467 e. The van der Waals surface area contributed by atoms with E-state index in [1.165, 1.54) is 0 Å². The number of esters is 1. The first-order valence-corrected chi connectivity index (χ1v) is 2.00. The number of halogens is 2. The Balaban J connectivity index is 3.46. The Morgan fingerprint density at radius 2 is 2.38 bits per heavy atom. The maximum atomic E-state index is 11.7. The van der Waals surface area contributed by atoms with Crippen LogP contribution in [0.2, 0.25) is 0 Å². The highest BCUT2D eigenvalue weighted by atomic mass is 19.2. The van der Waals surface area contributed by atoms with E-state index in [1.54, 1.807) is 0 Å². The van der Waals surface area contributed by atoms with Crippen LogP contribution in [0.25, 0.3) is 0 Å². The third-order valence-electron chi connectivity index (χ3n) is 0.592. The minimum atomic E-state index is -2.11. The second-order valence-electron chi connectivity index (χ2n) is 1.14. The van der Waals surface area contributed by atoms with Crippen molar-refractivity contribution in [2.45, 2.75) is 6.17 Å². The highest BCUT2D eigenvalue weighted by Crippen LogP contribution is 1.92. The minimum absolute atomic E-state index is 1.00. The molecule has 0 aliphatic carbocycles. The molecule has 1 unspecified atom stereocenters. The van der Waals surface area contributed by atoms with Crippen LogP contribution in [0.3, 0.4) is 0 Å². The number of ether oxygens (including phenoxy) is 1. The van der Waals surface area contributed by atoms with Gasteiger partial charge < -0.3 is 4.74 Å². The summed E-state index contributed by atoms with van der Waals surface area (Å²) in [5.74, 6) is -1.16. The molecule has 0 amide bonds. The zero-order valence-electron chi connectivity index (χ0n) is 4.36.